The predicted molar refractivity (Wildman–Crippen MR) is 92.6 cm³/mol. The molecule has 22 heavy (non-hydrogen) atoms. The number of allylic oxidation sites excluding steroid dienone is 2. The van der Waals surface area contributed by atoms with Crippen LogP contribution in [0.25, 0.3) is 0 Å². The summed E-state index contributed by atoms with van der Waals surface area (Å²) in [5.74, 6) is 0.686. The Kier molecular flexibility index (Phi) is 6.35. The lowest BCUT2D eigenvalue weighted by molar-refractivity contribution is 0.427. The Morgan fingerprint density at radius 2 is 1.73 bits per heavy atom. The van der Waals surface area contributed by atoms with Gasteiger partial charge in [0.1, 0.15) is 11.5 Å². The van der Waals surface area contributed by atoms with Crippen LogP contribution in [-0.2, 0) is 6.42 Å². The second-order valence-electron chi connectivity index (χ2n) is 6.72. The summed E-state index contributed by atoms with van der Waals surface area (Å²) in [5, 5.41) is 20.7. The van der Waals surface area contributed by atoms with E-state index in [9.17, 15) is 10.2 Å². The standard InChI is InChI=1S/C20H30O2/c1-3-4-5-6-7-10-16-13-18(21)20(19(22)14-16)17-11-8-9-15(2)12-17/h12-14,17,21-22H,3-11H2,1-2H3. The monoisotopic (exact) mass is 302 g/mol. The zero-order chi connectivity index (χ0) is 15.9. The largest absolute Gasteiger partial charge is 0.507 e. The van der Waals surface area contributed by atoms with E-state index in [1.807, 2.05) is 12.1 Å². The van der Waals surface area contributed by atoms with Gasteiger partial charge in [-0.05, 0) is 56.7 Å². The Balaban J connectivity index is 2.03. The van der Waals surface area contributed by atoms with Crippen molar-refractivity contribution in [2.24, 2.45) is 0 Å². The fraction of sp³-hybridized carbons (Fsp3) is 0.600. The molecule has 1 aromatic carbocycles. The van der Waals surface area contributed by atoms with E-state index in [4.69, 9.17) is 0 Å². The molecule has 0 saturated heterocycles. The quantitative estimate of drug-likeness (QED) is 0.492. The molecule has 1 unspecified atom stereocenters. The summed E-state index contributed by atoms with van der Waals surface area (Å²) in [6.07, 6.45) is 12.6. The third-order valence-electron chi connectivity index (χ3n) is 4.71. The molecule has 0 spiro atoms. The summed E-state index contributed by atoms with van der Waals surface area (Å²) in [5.41, 5.74) is 3.12. The molecule has 2 heteroatoms. The van der Waals surface area contributed by atoms with Gasteiger partial charge < -0.3 is 10.2 Å². The minimum atomic E-state index is 0.160. The molecular formula is C20H30O2. The molecule has 1 atom stereocenters. The average Bonchev–Trinajstić information content (AvgIpc) is 2.46. The molecule has 0 radical (unpaired) electrons. The lowest BCUT2D eigenvalue weighted by Gasteiger charge is -2.22. The number of benzene rings is 1. The molecule has 0 aromatic heterocycles. The molecule has 0 fully saturated rings. The van der Waals surface area contributed by atoms with Crippen LogP contribution in [0.4, 0.5) is 0 Å². The van der Waals surface area contributed by atoms with Gasteiger partial charge in [0.25, 0.3) is 0 Å². The highest BCUT2D eigenvalue weighted by molar-refractivity contribution is 5.50. The van der Waals surface area contributed by atoms with Gasteiger partial charge in [0.2, 0.25) is 0 Å². The van der Waals surface area contributed by atoms with Crippen LogP contribution in [0, 0.1) is 0 Å². The van der Waals surface area contributed by atoms with Crippen LogP contribution >= 0.6 is 0 Å². The van der Waals surface area contributed by atoms with Crippen molar-refractivity contribution in [3.63, 3.8) is 0 Å². The Labute approximate surface area is 134 Å². The fourth-order valence-electron chi connectivity index (χ4n) is 3.48. The summed E-state index contributed by atoms with van der Waals surface area (Å²) in [4.78, 5) is 0. The van der Waals surface area contributed by atoms with Crippen molar-refractivity contribution >= 4 is 0 Å². The van der Waals surface area contributed by atoms with Crippen molar-refractivity contribution in [1.29, 1.82) is 0 Å². The second kappa shape index (κ2) is 8.26. The van der Waals surface area contributed by atoms with Crippen LogP contribution < -0.4 is 0 Å². The summed E-state index contributed by atoms with van der Waals surface area (Å²) >= 11 is 0. The predicted octanol–water partition coefficient (Wildman–Crippen LogP) is 5.82. The number of phenols is 2. The normalized spacial score (nSPS) is 18.3. The number of hydrogen-bond donors (Lipinski definition) is 2. The van der Waals surface area contributed by atoms with Gasteiger partial charge in [0, 0.05) is 11.5 Å². The zero-order valence-corrected chi connectivity index (χ0v) is 14.1. The first kappa shape index (κ1) is 16.9. The lowest BCUT2D eigenvalue weighted by atomic mass is 9.84. The van der Waals surface area contributed by atoms with Crippen molar-refractivity contribution in [1.82, 2.24) is 0 Å². The van der Waals surface area contributed by atoms with Crippen LogP contribution in [0.15, 0.2) is 23.8 Å². The van der Waals surface area contributed by atoms with Gasteiger partial charge >= 0.3 is 0 Å². The molecule has 0 amide bonds. The van der Waals surface area contributed by atoms with Gasteiger partial charge in [-0.1, -0.05) is 44.3 Å². The van der Waals surface area contributed by atoms with Gasteiger partial charge in [-0.3, -0.25) is 0 Å². The second-order valence-corrected chi connectivity index (χ2v) is 6.72. The number of rotatable bonds is 7. The van der Waals surface area contributed by atoms with Crippen LogP contribution in [0.3, 0.4) is 0 Å². The number of aryl methyl sites for hydroxylation is 1. The van der Waals surface area contributed by atoms with E-state index in [2.05, 4.69) is 19.9 Å². The highest BCUT2D eigenvalue weighted by Crippen LogP contribution is 2.41. The smallest absolute Gasteiger partial charge is 0.123 e. The average molecular weight is 302 g/mol. The van der Waals surface area contributed by atoms with E-state index in [0.29, 0.717) is 5.56 Å². The highest BCUT2D eigenvalue weighted by atomic mass is 16.3. The number of hydrogen-bond acceptors (Lipinski definition) is 2. The van der Waals surface area contributed by atoms with Crippen molar-refractivity contribution < 1.29 is 10.2 Å². The third-order valence-corrected chi connectivity index (χ3v) is 4.71. The maximum absolute atomic E-state index is 10.4. The van der Waals surface area contributed by atoms with Crippen LogP contribution in [0.2, 0.25) is 0 Å². The van der Waals surface area contributed by atoms with Crippen LogP contribution in [0.1, 0.15) is 82.3 Å². The van der Waals surface area contributed by atoms with E-state index < -0.39 is 0 Å². The van der Waals surface area contributed by atoms with Crippen molar-refractivity contribution in [3.8, 4) is 11.5 Å². The minimum absolute atomic E-state index is 0.160. The molecule has 122 valence electrons. The molecule has 0 heterocycles. The molecule has 0 saturated carbocycles. The summed E-state index contributed by atoms with van der Waals surface area (Å²) in [6, 6.07) is 3.71. The first-order valence-electron chi connectivity index (χ1n) is 8.84. The molecule has 2 N–H and O–H groups in total. The van der Waals surface area contributed by atoms with Crippen molar-refractivity contribution in [2.75, 3.05) is 0 Å². The Morgan fingerprint density at radius 3 is 2.36 bits per heavy atom. The van der Waals surface area contributed by atoms with E-state index in [1.165, 1.54) is 31.3 Å². The van der Waals surface area contributed by atoms with Crippen LogP contribution in [0.5, 0.6) is 11.5 Å². The summed E-state index contributed by atoms with van der Waals surface area (Å²) in [7, 11) is 0. The topological polar surface area (TPSA) is 40.5 Å². The maximum Gasteiger partial charge on any atom is 0.123 e. The third kappa shape index (κ3) is 4.53. The molecule has 1 aliphatic carbocycles. The molecule has 2 nitrogen and oxygen atoms in total. The van der Waals surface area contributed by atoms with Gasteiger partial charge in [0.05, 0.1) is 0 Å². The fourth-order valence-corrected chi connectivity index (χ4v) is 3.48. The Morgan fingerprint density at radius 1 is 1.05 bits per heavy atom. The SMILES string of the molecule is CCCCCCCc1cc(O)c(C2C=C(C)CCC2)c(O)c1. The highest BCUT2D eigenvalue weighted by Gasteiger charge is 2.21. The van der Waals surface area contributed by atoms with Crippen LogP contribution in [-0.4, -0.2) is 10.2 Å². The zero-order valence-electron chi connectivity index (χ0n) is 14.1. The van der Waals surface area contributed by atoms with Gasteiger partial charge in [-0.15, -0.1) is 0 Å². The molecule has 2 rings (SSSR count). The van der Waals surface area contributed by atoms with E-state index in [1.54, 1.807) is 0 Å². The first-order valence-corrected chi connectivity index (χ1v) is 8.84. The van der Waals surface area contributed by atoms with Gasteiger partial charge in [-0.2, -0.15) is 0 Å². The van der Waals surface area contributed by atoms with E-state index >= 15 is 0 Å². The van der Waals surface area contributed by atoms with Crippen molar-refractivity contribution in [2.45, 2.75) is 77.6 Å². The maximum atomic E-state index is 10.4. The van der Waals surface area contributed by atoms with Gasteiger partial charge in [0.15, 0.2) is 0 Å². The summed E-state index contributed by atoms with van der Waals surface area (Å²) in [6.45, 7) is 4.35. The first-order chi connectivity index (χ1) is 10.6. The van der Waals surface area contributed by atoms with E-state index in [-0.39, 0.29) is 17.4 Å². The van der Waals surface area contributed by atoms with Gasteiger partial charge in [-0.25, -0.2) is 0 Å². The minimum Gasteiger partial charge on any atom is -0.507 e. The lowest BCUT2D eigenvalue weighted by Crippen LogP contribution is -2.03. The molecule has 1 aromatic rings. The summed E-state index contributed by atoms with van der Waals surface area (Å²) < 4.78 is 0. The molecule has 0 aliphatic heterocycles. The molecule has 0 bridgehead atoms. The number of aromatic hydroxyl groups is 2. The Hall–Kier alpha value is -1.44. The number of unbranched alkanes of at least 4 members (excludes halogenated alkanes) is 4. The van der Waals surface area contributed by atoms with Crippen molar-refractivity contribution in [3.05, 3.63) is 34.9 Å². The Bertz CT molecular complexity index is 493. The molecular weight excluding hydrogens is 272 g/mol. The number of phenolic OH excluding ortho intramolecular Hbond substituents is 2. The van der Waals surface area contributed by atoms with E-state index in [0.717, 1.165) is 37.7 Å². The molecule has 1 aliphatic rings.